The number of nitrogens with one attached hydrogen (secondary N) is 1. The van der Waals surface area contributed by atoms with Crippen molar-refractivity contribution in [3.05, 3.63) is 54.1 Å². The molecule has 2 aromatic carbocycles. The van der Waals surface area contributed by atoms with Crippen molar-refractivity contribution < 1.29 is 31.5 Å². The number of methoxy groups -OCH3 is 1. The standard InChI is InChI=1S/C20H24F2N2O5S/c1-28-18-6-3-4-7-19(18)29-13-11-23-20(25)8-5-12-24(30(2,26)27)15-9-10-16(21)17(22)14-15/h3-4,6-7,9-10,14H,5,8,11-13H2,1-2H3,(H,23,25). The highest BCUT2D eigenvalue weighted by Crippen LogP contribution is 2.25. The van der Waals surface area contributed by atoms with Crippen molar-refractivity contribution in [1.29, 1.82) is 0 Å². The summed E-state index contributed by atoms with van der Waals surface area (Å²) in [5.41, 5.74) is 0.00187. The second-order valence-electron chi connectivity index (χ2n) is 6.39. The Kier molecular flexibility index (Phi) is 8.40. The lowest BCUT2D eigenvalue weighted by atomic mass is 10.2. The molecule has 0 fully saturated rings. The molecule has 0 aliphatic heterocycles. The third kappa shape index (κ3) is 6.87. The Morgan fingerprint density at radius 2 is 1.80 bits per heavy atom. The second kappa shape index (κ2) is 10.8. The zero-order valence-corrected chi connectivity index (χ0v) is 17.5. The molecule has 0 radical (unpaired) electrons. The van der Waals surface area contributed by atoms with Crippen LogP contribution in [-0.2, 0) is 14.8 Å². The van der Waals surface area contributed by atoms with E-state index in [9.17, 15) is 22.0 Å². The number of carbonyl (C=O) groups is 1. The fourth-order valence-corrected chi connectivity index (χ4v) is 3.64. The maximum Gasteiger partial charge on any atom is 0.232 e. The van der Waals surface area contributed by atoms with E-state index in [0.29, 0.717) is 11.5 Å². The van der Waals surface area contributed by atoms with Crippen molar-refractivity contribution in [1.82, 2.24) is 5.32 Å². The summed E-state index contributed by atoms with van der Waals surface area (Å²) in [6.07, 6.45) is 1.22. The molecule has 0 saturated heterocycles. The number of halogens is 2. The van der Waals surface area contributed by atoms with E-state index >= 15 is 0 Å². The summed E-state index contributed by atoms with van der Waals surface area (Å²) >= 11 is 0. The Morgan fingerprint density at radius 3 is 2.43 bits per heavy atom. The molecule has 0 aliphatic carbocycles. The molecule has 1 N–H and O–H groups in total. The van der Waals surface area contributed by atoms with E-state index in [1.165, 1.54) is 13.2 Å². The fourth-order valence-electron chi connectivity index (χ4n) is 2.69. The quantitative estimate of drug-likeness (QED) is 0.541. The minimum absolute atomic E-state index is 0.00187. The van der Waals surface area contributed by atoms with Crippen LogP contribution in [0.1, 0.15) is 12.8 Å². The molecule has 164 valence electrons. The molecule has 1 amide bonds. The molecule has 0 atom stereocenters. The van der Waals surface area contributed by atoms with E-state index in [1.54, 1.807) is 18.2 Å². The number of hydrogen-bond acceptors (Lipinski definition) is 5. The van der Waals surface area contributed by atoms with Gasteiger partial charge >= 0.3 is 0 Å². The number of amides is 1. The van der Waals surface area contributed by atoms with Crippen LogP contribution in [0.2, 0.25) is 0 Å². The van der Waals surface area contributed by atoms with E-state index in [1.807, 2.05) is 6.07 Å². The van der Waals surface area contributed by atoms with Gasteiger partial charge in [0.2, 0.25) is 15.9 Å². The maximum absolute atomic E-state index is 13.4. The number of para-hydroxylation sites is 2. The zero-order chi connectivity index (χ0) is 22.1. The van der Waals surface area contributed by atoms with Crippen molar-refractivity contribution >= 4 is 21.6 Å². The first-order chi connectivity index (χ1) is 14.2. The van der Waals surface area contributed by atoms with Crippen LogP contribution in [0, 0.1) is 11.6 Å². The number of nitrogens with zero attached hydrogens (tertiary/aromatic N) is 1. The van der Waals surface area contributed by atoms with Gasteiger partial charge in [-0.15, -0.1) is 0 Å². The predicted molar refractivity (Wildman–Crippen MR) is 109 cm³/mol. The lowest BCUT2D eigenvalue weighted by Crippen LogP contribution is -2.33. The average molecular weight is 442 g/mol. The highest BCUT2D eigenvalue weighted by atomic mass is 32.2. The highest BCUT2D eigenvalue weighted by molar-refractivity contribution is 7.92. The van der Waals surface area contributed by atoms with Gasteiger partial charge in [-0.05, 0) is 30.7 Å². The minimum atomic E-state index is -3.72. The van der Waals surface area contributed by atoms with Crippen LogP contribution >= 0.6 is 0 Å². The summed E-state index contributed by atoms with van der Waals surface area (Å²) in [4.78, 5) is 12.0. The number of anilines is 1. The molecule has 0 aromatic heterocycles. The van der Waals surface area contributed by atoms with Gasteiger partial charge < -0.3 is 14.8 Å². The molecule has 2 aromatic rings. The van der Waals surface area contributed by atoms with Crippen molar-refractivity contribution in [2.24, 2.45) is 0 Å². The fraction of sp³-hybridized carbons (Fsp3) is 0.350. The molecule has 0 bridgehead atoms. The number of carbonyl (C=O) groups excluding carboxylic acids is 1. The Hall–Kier alpha value is -2.88. The van der Waals surface area contributed by atoms with Gasteiger partial charge in [0.25, 0.3) is 0 Å². The van der Waals surface area contributed by atoms with Gasteiger partial charge in [-0.1, -0.05) is 12.1 Å². The van der Waals surface area contributed by atoms with Crippen LogP contribution in [-0.4, -0.2) is 47.4 Å². The summed E-state index contributed by atoms with van der Waals surface area (Å²) < 4.78 is 62.2. The summed E-state index contributed by atoms with van der Waals surface area (Å²) in [5, 5.41) is 2.68. The third-order valence-electron chi connectivity index (χ3n) is 4.11. The number of benzene rings is 2. The van der Waals surface area contributed by atoms with Crippen molar-refractivity contribution in [2.75, 3.05) is 37.4 Å². The van der Waals surface area contributed by atoms with Gasteiger partial charge in [-0.2, -0.15) is 0 Å². The van der Waals surface area contributed by atoms with Crippen molar-refractivity contribution in [3.8, 4) is 11.5 Å². The lowest BCUT2D eigenvalue weighted by Gasteiger charge is -2.22. The molecular weight excluding hydrogens is 418 g/mol. The van der Waals surface area contributed by atoms with Crippen LogP contribution in [0.4, 0.5) is 14.5 Å². The monoisotopic (exact) mass is 442 g/mol. The van der Waals surface area contributed by atoms with E-state index in [0.717, 1.165) is 22.7 Å². The van der Waals surface area contributed by atoms with E-state index in [-0.39, 0.29) is 44.1 Å². The summed E-state index contributed by atoms with van der Waals surface area (Å²) in [6, 6.07) is 9.97. The Labute approximate surface area is 174 Å². The molecule has 30 heavy (non-hydrogen) atoms. The first kappa shape index (κ1) is 23.4. The van der Waals surface area contributed by atoms with Crippen LogP contribution in [0.25, 0.3) is 0 Å². The molecule has 0 aliphatic rings. The molecule has 7 nitrogen and oxygen atoms in total. The summed E-state index contributed by atoms with van der Waals surface area (Å²) in [6.45, 7) is 0.446. The Balaban J connectivity index is 1.79. The topological polar surface area (TPSA) is 84.9 Å². The van der Waals surface area contributed by atoms with Gasteiger partial charge in [0.05, 0.1) is 25.6 Å². The number of ether oxygens (including phenoxy) is 2. The zero-order valence-electron chi connectivity index (χ0n) is 16.7. The number of hydrogen-bond donors (Lipinski definition) is 1. The molecule has 0 saturated carbocycles. The smallest absolute Gasteiger partial charge is 0.232 e. The Morgan fingerprint density at radius 1 is 1.10 bits per heavy atom. The highest BCUT2D eigenvalue weighted by Gasteiger charge is 2.19. The van der Waals surface area contributed by atoms with Crippen LogP contribution in [0.3, 0.4) is 0 Å². The molecular formula is C20H24F2N2O5S. The second-order valence-corrected chi connectivity index (χ2v) is 8.29. The third-order valence-corrected chi connectivity index (χ3v) is 5.30. The largest absolute Gasteiger partial charge is 0.493 e. The number of sulfonamides is 1. The normalized spacial score (nSPS) is 11.1. The van der Waals surface area contributed by atoms with E-state index in [4.69, 9.17) is 9.47 Å². The minimum Gasteiger partial charge on any atom is -0.493 e. The number of rotatable bonds is 11. The molecule has 10 heteroatoms. The molecule has 0 spiro atoms. The van der Waals surface area contributed by atoms with E-state index in [2.05, 4.69) is 5.32 Å². The summed E-state index contributed by atoms with van der Waals surface area (Å²) in [5.74, 6) is -1.35. The molecule has 0 unspecified atom stereocenters. The van der Waals surface area contributed by atoms with Crippen molar-refractivity contribution in [2.45, 2.75) is 12.8 Å². The lowest BCUT2D eigenvalue weighted by molar-refractivity contribution is -0.121. The summed E-state index contributed by atoms with van der Waals surface area (Å²) in [7, 11) is -2.19. The van der Waals surface area contributed by atoms with Gasteiger partial charge in [0, 0.05) is 19.0 Å². The molecule has 2 rings (SSSR count). The van der Waals surface area contributed by atoms with Gasteiger partial charge in [0.15, 0.2) is 23.1 Å². The first-order valence-corrected chi connectivity index (χ1v) is 11.0. The maximum atomic E-state index is 13.4. The Bertz CT molecular complexity index is 969. The van der Waals surface area contributed by atoms with Crippen molar-refractivity contribution in [3.63, 3.8) is 0 Å². The van der Waals surface area contributed by atoms with Crippen LogP contribution in [0.5, 0.6) is 11.5 Å². The molecule has 0 heterocycles. The van der Waals surface area contributed by atoms with Crippen LogP contribution < -0.4 is 19.1 Å². The van der Waals surface area contributed by atoms with Gasteiger partial charge in [-0.25, -0.2) is 17.2 Å². The SMILES string of the molecule is COc1ccccc1OCCNC(=O)CCCN(c1ccc(F)c(F)c1)S(C)(=O)=O. The first-order valence-electron chi connectivity index (χ1n) is 9.17. The predicted octanol–water partition coefficient (Wildman–Crippen LogP) is 2.71. The average Bonchev–Trinajstić information content (AvgIpc) is 2.70. The van der Waals surface area contributed by atoms with Gasteiger partial charge in [0.1, 0.15) is 6.61 Å². The van der Waals surface area contributed by atoms with E-state index < -0.39 is 21.7 Å². The van der Waals surface area contributed by atoms with Gasteiger partial charge in [-0.3, -0.25) is 9.10 Å². The van der Waals surface area contributed by atoms with Crippen LogP contribution in [0.15, 0.2) is 42.5 Å².